The number of piperidine rings is 1. The first kappa shape index (κ1) is 19.1. The number of carbonyl (C=O) groups is 2. The molecule has 0 radical (unpaired) electrons. The number of benzene rings is 1. The van der Waals surface area contributed by atoms with Crippen LogP contribution < -0.4 is 0 Å². The zero-order valence-corrected chi connectivity index (χ0v) is 16.9. The summed E-state index contributed by atoms with van der Waals surface area (Å²) in [7, 11) is 0. The van der Waals surface area contributed by atoms with Crippen LogP contribution in [0.5, 0.6) is 0 Å². The van der Waals surface area contributed by atoms with Gasteiger partial charge < -0.3 is 19.3 Å². The van der Waals surface area contributed by atoms with E-state index in [2.05, 4.69) is 24.3 Å². The lowest BCUT2D eigenvalue weighted by atomic mass is 9.86. The highest BCUT2D eigenvalue weighted by Crippen LogP contribution is 2.33. The van der Waals surface area contributed by atoms with Gasteiger partial charge in [0.1, 0.15) is 6.61 Å². The van der Waals surface area contributed by atoms with E-state index in [9.17, 15) is 9.59 Å². The fourth-order valence-electron chi connectivity index (χ4n) is 5.27. The number of nitrogens with zero attached hydrogens (tertiary/aromatic N) is 2. The van der Waals surface area contributed by atoms with Gasteiger partial charge >= 0.3 is 6.03 Å². The van der Waals surface area contributed by atoms with Gasteiger partial charge in [-0.25, -0.2) is 4.79 Å². The lowest BCUT2D eigenvalue weighted by Crippen LogP contribution is -2.58. The van der Waals surface area contributed by atoms with Crippen LogP contribution in [-0.4, -0.2) is 73.7 Å². The van der Waals surface area contributed by atoms with Crippen molar-refractivity contribution >= 4 is 11.8 Å². The molecule has 156 valence electrons. The number of amides is 2. The van der Waals surface area contributed by atoms with Crippen LogP contribution in [0, 0.1) is 5.92 Å². The molecule has 1 aromatic carbocycles. The van der Waals surface area contributed by atoms with Crippen molar-refractivity contribution in [3.05, 3.63) is 35.4 Å². The lowest BCUT2D eigenvalue weighted by molar-refractivity contribution is -0.140. The molecule has 2 amide bonds. The number of hydrogen-bond donors (Lipinski definition) is 0. The van der Waals surface area contributed by atoms with Crippen molar-refractivity contribution in [1.29, 1.82) is 0 Å². The van der Waals surface area contributed by atoms with Crippen LogP contribution in [0.25, 0.3) is 0 Å². The molecule has 0 aromatic heterocycles. The summed E-state index contributed by atoms with van der Waals surface area (Å²) in [5, 5.41) is 0. The van der Waals surface area contributed by atoms with E-state index in [1.165, 1.54) is 11.1 Å². The molecular formula is C23H30N2O4. The third kappa shape index (κ3) is 3.92. The number of carbonyl (C=O) groups excluding carboxylic acids is 2. The van der Waals surface area contributed by atoms with Crippen LogP contribution in [0.15, 0.2) is 24.3 Å². The predicted octanol–water partition coefficient (Wildman–Crippen LogP) is 2.78. The first-order valence-electron chi connectivity index (χ1n) is 11.0. The smallest absolute Gasteiger partial charge is 0.320 e. The van der Waals surface area contributed by atoms with Crippen molar-refractivity contribution in [2.75, 3.05) is 46.0 Å². The van der Waals surface area contributed by atoms with E-state index in [-0.39, 0.29) is 30.4 Å². The van der Waals surface area contributed by atoms with Crippen LogP contribution in [0.2, 0.25) is 0 Å². The highest BCUT2D eigenvalue weighted by atomic mass is 16.5. The quantitative estimate of drug-likeness (QED) is 0.769. The molecule has 6 nitrogen and oxygen atoms in total. The molecule has 4 saturated heterocycles. The maximum absolute atomic E-state index is 12.9. The molecule has 0 spiro atoms. The Morgan fingerprint density at radius 2 is 1.59 bits per heavy atom. The van der Waals surface area contributed by atoms with E-state index in [4.69, 9.17) is 9.47 Å². The first-order valence-corrected chi connectivity index (χ1v) is 11.0. The number of fused-ring (bicyclic) bond motifs is 1. The Labute approximate surface area is 172 Å². The molecule has 4 heterocycles. The summed E-state index contributed by atoms with van der Waals surface area (Å²) in [5.41, 5.74) is 2.74. The van der Waals surface area contributed by atoms with Crippen LogP contribution >= 0.6 is 0 Å². The number of ether oxygens (including phenoxy) is 2. The fourth-order valence-corrected chi connectivity index (χ4v) is 5.27. The van der Waals surface area contributed by atoms with Crippen molar-refractivity contribution in [3.63, 3.8) is 0 Å². The van der Waals surface area contributed by atoms with Gasteiger partial charge in [0.15, 0.2) is 5.78 Å². The van der Waals surface area contributed by atoms with E-state index in [1.54, 1.807) is 0 Å². The Morgan fingerprint density at radius 3 is 2.31 bits per heavy atom. The van der Waals surface area contributed by atoms with E-state index in [1.807, 2.05) is 9.80 Å². The summed E-state index contributed by atoms with van der Waals surface area (Å²) < 4.78 is 11.1. The van der Waals surface area contributed by atoms with Gasteiger partial charge in [-0.05, 0) is 36.3 Å². The standard InChI is InChI=1S/C23H30N2O4/c26-21-11-19-12-24(8-5-22(19)29-15-21)23(27)25-13-20(14-25)17-3-1-16(2-4-17)18-6-9-28-10-7-18/h1-4,18-20,22H,5-15H2/t19-,22+/m1/s1. The van der Waals surface area contributed by atoms with Gasteiger partial charge in [0.05, 0.1) is 6.10 Å². The minimum atomic E-state index is 0.122. The number of Topliss-reactive ketones (excluding diaryl/α,β-unsaturated/α-hetero) is 1. The van der Waals surface area contributed by atoms with Crippen LogP contribution in [-0.2, 0) is 14.3 Å². The minimum Gasteiger partial charge on any atom is -0.381 e. The highest BCUT2D eigenvalue weighted by molar-refractivity contribution is 5.81. The van der Waals surface area contributed by atoms with E-state index >= 15 is 0 Å². The van der Waals surface area contributed by atoms with Gasteiger partial charge in [-0.1, -0.05) is 24.3 Å². The molecule has 29 heavy (non-hydrogen) atoms. The van der Waals surface area contributed by atoms with Crippen LogP contribution in [0.3, 0.4) is 0 Å². The van der Waals surface area contributed by atoms with Gasteiger partial charge in [0, 0.05) is 57.6 Å². The summed E-state index contributed by atoms with van der Waals surface area (Å²) in [4.78, 5) is 28.4. The molecule has 0 bridgehead atoms. The largest absolute Gasteiger partial charge is 0.381 e. The van der Waals surface area contributed by atoms with Crippen molar-refractivity contribution < 1.29 is 19.1 Å². The Kier molecular flexibility index (Phi) is 5.31. The van der Waals surface area contributed by atoms with E-state index in [0.717, 1.165) is 52.1 Å². The Hall–Kier alpha value is -1.92. The second-order valence-electron chi connectivity index (χ2n) is 9.02. The molecular weight excluding hydrogens is 368 g/mol. The summed E-state index contributed by atoms with van der Waals surface area (Å²) in [6.45, 7) is 4.93. The molecule has 0 saturated carbocycles. The van der Waals surface area contributed by atoms with E-state index < -0.39 is 0 Å². The Bertz CT molecular complexity index is 753. The van der Waals surface area contributed by atoms with Gasteiger partial charge in [-0.2, -0.15) is 0 Å². The maximum Gasteiger partial charge on any atom is 0.320 e. The molecule has 4 aliphatic heterocycles. The van der Waals surface area contributed by atoms with Crippen LogP contribution in [0.4, 0.5) is 4.79 Å². The fraction of sp³-hybridized carbons (Fsp3) is 0.652. The van der Waals surface area contributed by atoms with Gasteiger partial charge in [0.2, 0.25) is 0 Å². The minimum absolute atomic E-state index is 0.122. The third-order valence-electron chi connectivity index (χ3n) is 7.14. The zero-order valence-electron chi connectivity index (χ0n) is 16.9. The van der Waals surface area contributed by atoms with Gasteiger partial charge in [-0.15, -0.1) is 0 Å². The topological polar surface area (TPSA) is 59.1 Å². The van der Waals surface area contributed by atoms with Gasteiger partial charge in [0.25, 0.3) is 0 Å². The zero-order chi connectivity index (χ0) is 19.8. The second-order valence-corrected chi connectivity index (χ2v) is 9.02. The van der Waals surface area contributed by atoms with Crippen molar-refractivity contribution in [2.24, 2.45) is 5.92 Å². The van der Waals surface area contributed by atoms with Crippen molar-refractivity contribution in [1.82, 2.24) is 9.80 Å². The average Bonchev–Trinajstić information content (AvgIpc) is 2.73. The normalized spacial score (nSPS) is 28.8. The second kappa shape index (κ2) is 8.07. The number of rotatable bonds is 2. The molecule has 2 atom stereocenters. The molecule has 4 aliphatic rings. The molecule has 1 aromatic rings. The third-order valence-corrected chi connectivity index (χ3v) is 7.14. The molecule has 0 unspecified atom stereocenters. The number of urea groups is 1. The Morgan fingerprint density at radius 1 is 0.897 bits per heavy atom. The number of likely N-dealkylation sites (tertiary alicyclic amines) is 2. The van der Waals surface area contributed by atoms with E-state index in [0.29, 0.717) is 24.8 Å². The summed E-state index contributed by atoms with van der Waals surface area (Å²) in [6, 6.07) is 9.14. The summed E-state index contributed by atoms with van der Waals surface area (Å²) in [5.74, 6) is 1.38. The maximum atomic E-state index is 12.9. The summed E-state index contributed by atoms with van der Waals surface area (Å²) >= 11 is 0. The van der Waals surface area contributed by atoms with Crippen LogP contribution in [0.1, 0.15) is 48.6 Å². The molecule has 4 fully saturated rings. The lowest BCUT2D eigenvalue weighted by Gasteiger charge is -2.46. The SMILES string of the molecule is O=C1CO[C@H]2CCN(C(=O)N3CC(c4ccc(C5CCOCC5)cc4)C3)C[C@H]2C1. The monoisotopic (exact) mass is 398 g/mol. The van der Waals surface area contributed by atoms with Crippen molar-refractivity contribution in [3.8, 4) is 0 Å². The predicted molar refractivity (Wildman–Crippen MR) is 108 cm³/mol. The van der Waals surface area contributed by atoms with Crippen molar-refractivity contribution in [2.45, 2.75) is 43.6 Å². The highest BCUT2D eigenvalue weighted by Gasteiger charge is 2.40. The molecule has 0 aliphatic carbocycles. The molecule has 5 rings (SSSR count). The number of ketones is 1. The average molecular weight is 399 g/mol. The van der Waals surface area contributed by atoms with Gasteiger partial charge in [-0.3, -0.25) is 4.79 Å². The summed E-state index contributed by atoms with van der Waals surface area (Å²) in [6.07, 6.45) is 3.76. The molecule has 0 N–H and O–H groups in total. The first-order chi connectivity index (χ1) is 14.2. The Balaban J connectivity index is 1.13. The number of hydrogen-bond acceptors (Lipinski definition) is 4. The molecule has 6 heteroatoms.